The van der Waals surface area contributed by atoms with Gasteiger partial charge in [0.05, 0.1) is 6.10 Å². The van der Waals surface area contributed by atoms with Gasteiger partial charge in [-0.1, -0.05) is 166 Å². The minimum absolute atomic E-state index is 0.162. The topological polar surface area (TPSA) is 93.1 Å². The standard InChI is InChI=1S/C40H72O6/c1-3-5-7-9-11-13-15-17-19-21-23-25-27-29-33-39(43)45-35-38(42)36-46-40(44)34-30-32-37(41)31-28-26-24-22-20-18-16-14-12-10-8-6-4-2/h18,20,24,26,28,31,37-38,41-42H,3-17,19,21-23,25,27,29-30,32-36H2,1-2H3/b20-18+,26-24+,31-28+/t37?,38-/m1/s1. The molecule has 2 atom stereocenters. The second-order valence-corrected chi connectivity index (χ2v) is 12.9. The Morgan fingerprint density at radius 1 is 0.543 bits per heavy atom. The van der Waals surface area contributed by atoms with E-state index in [2.05, 4.69) is 32.1 Å². The molecule has 0 heterocycles. The van der Waals surface area contributed by atoms with E-state index in [9.17, 15) is 19.8 Å². The molecule has 0 fully saturated rings. The van der Waals surface area contributed by atoms with E-state index in [1.54, 1.807) is 6.08 Å². The first kappa shape index (κ1) is 44.1. The lowest BCUT2D eigenvalue weighted by Gasteiger charge is -2.12. The summed E-state index contributed by atoms with van der Waals surface area (Å²) in [5, 5.41) is 20.1. The van der Waals surface area contributed by atoms with Crippen molar-refractivity contribution in [2.45, 2.75) is 193 Å². The smallest absolute Gasteiger partial charge is 0.305 e. The third kappa shape index (κ3) is 34.9. The maximum Gasteiger partial charge on any atom is 0.305 e. The van der Waals surface area contributed by atoms with Gasteiger partial charge in [0.1, 0.15) is 19.3 Å². The van der Waals surface area contributed by atoms with Gasteiger partial charge in [0, 0.05) is 12.8 Å². The molecule has 2 N–H and O–H groups in total. The van der Waals surface area contributed by atoms with Crippen molar-refractivity contribution in [3.8, 4) is 0 Å². The van der Waals surface area contributed by atoms with E-state index < -0.39 is 18.2 Å². The number of hydrogen-bond acceptors (Lipinski definition) is 6. The largest absolute Gasteiger partial charge is 0.463 e. The van der Waals surface area contributed by atoms with E-state index in [4.69, 9.17) is 9.47 Å². The Morgan fingerprint density at radius 2 is 1.00 bits per heavy atom. The van der Waals surface area contributed by atoms with E-state index in [1.807, 2.05) is 12.2 Å². The Hall–Kier alpha value is -1.92. The van der Waals surface area contributed by atoms with Crippen LogP contribution in [0.5, 0.6) is 0 Å². The first-order valence-electron chi connectivity index (χ1n) is 19.1. The van der Waals surface area contributed by atoms with Crippen LogP contribution in [0.25, 0.3) is 0 Å². The van der Waals surface area contributed by atoms with Crippen LogP contribution in [0.3, 0.4) is 0 Å². The van der Waals surface area contributed by atoms with Crippen molar-refractivity contribution in [1.82, 2.24) is 0 Å². The van der Waals surface area contributed by atoms with Crippen LogP contribution < -0.4 is 0 Å². The quantitative estimate of drug-likeness (QED) is 0.0312. The summed E-state index contributed by atoms with van der Waals surface area (Å²) in [4.78, 5) is 23.9. The molecular formula is C40H72O6. The van der Waals surface area contributed by atoms with Gasteiger partial charge in [0.2, 0.25) is 0 Å². The molecule has 0 aromatic carbocycles. The summed E-state index contributed by atoms with van der Waals surface area (Å²) in [5.41, 5.74) is 0. The number of unbranched alkanes of at least 4 members (excludes halogenated alkanes) is 19. The van der Waals surface area contributed by atoms with Gasteiger partial charge in [-0.25, -0.2) is 0 Å². The van der Waals surface area contributed by atoms with Crippen LogP contribution in [-0.4, -0.2) is 47.6 Å². The van der Waals surface area contributed by atoms with Gasteiger partial charge in [-0.15, -0.1) is 0 Å². The van der Waals surface area contributed by atoms with E-state index in [1.165, 1.54) is 109 Å². The molecule has 0 amide bonds. The number of ether oxygens (including phenoxy) is 2. The molecule has 6 nitrogen and oxygen atoms in total. The van der Waals surface area contributed by atoms with Crippen molar-refractivity contribution >= 4 is 11.9 Å². The molecule has 46 heavy (non-hydrogen) atoms. The van der Waals surface area contributed by atoms with Crippen LogP contribution >= 0.6 is 0 Å². The fourth-order valence-electron chi connectivity index (χ4n) is 5.27. The molecule has 0 aromatic heterocycles. The Bertz CT molecular complexity index is 759. The van der Waals surface area contributed by atoms with Crippen LogP contribution in [0.15, 0.2) is 36.5 Å². The fourth-order valence-corrected chi connectivity index (χ4v) is 5.27. The van der Waals surface area contributed by atoms with Gasteiger partial charge in [-0.3, -0.25) is 9.59 Å². The highest BCUT2D eigenvalue weighted by atomic mass is 16.6. The van der Waals surface area contributed by atoms with Crippen molar-refractivity contribution in [3.63, 3.8) is 0 Å². The zero-order chi connectivity index (χ0) is 33.8. The lowest BCUT2D eigenvalue weighted by molar-refractivity contribution is -0.152. The predicted molar refractivity (Wildman–Crippen MR) is 193 cm³/mol. The van der Waals surface area contributed by atoms with Gasteiger partial charge < -0.3 is 19.7 Å². The summed E-state index contributed by atoms with van der Waals surface area (Å²) in [6.07, 6.45) is 39.4. The summed E-state index contributed by atoms with van der Waals surface area (Å²) in [5.74, 6) is -0.752. The SMILES string of the molecule is CCCCCCCC/C=C/C/C=C/C=C/C(O)CCCC(=O)OC[C@H](O)COC(=O)CCCCCCCCCCCCCCCC. The van der Waals surface area contributed by atoms with Gasteiger partial charge in [-0.2, -0.15) is 0 Å². The molecular weight excluding hydrogens is 576 g/mol. The number of hydrogen-bond donors (Lipinski definition) is 2. The van der Waals surface area contributed by atoms with Crippen molar-refractivity contribution in [2.75, 3.05) is 13.2 Å². The lowest BCUT2D eigenvalue weighted by atomic mass is 10.0. The molecule has 1 unspecified atom stereocenters. The van der Waals surface area contributed by atoms with Crippen LogP contribution in [0.4, 0.5) is 0 Å². The average molecular weight is 649 g/mol. The summed E-state index contributed by atoms with van der Waals surface area (Å²) in [6.45, 7) is 4.13. The van der Waals surface area contributed by atoms with Gasteiger partial charge in [0.25, 0.3) is 0 Å². The number of carbonyl (C=O) groups is 2. The summed E-state index contributed by atoms with van der Waals surface area (Å²) in [6, 6.07) is 0. The van der Waals surface area contributed by atoms with Gasteiger partial charge >= 0.3 is 11.9 Å². The maximum absolute atomic E-state index is 12.0. The molecule has 0 saturated heterocycles. The van der Waals surface area contributed by atoms with Crippen LogP contribution in [0.1, 0.15) is 181 Å². The molecule has 0 aromatic rings. The maximum atomic E-state index is 12.0. The zero-order valence-electron chi connectivity index (χ0n) is 29.9. The average Bonchev–Trinajstić information content (AvgIpc) is 3.05. The Kier molecular flexibility index (Phi) is 34.4. The van der Waals surface area contributed by atoms with Crippen LogP contribution in [0, 0.1) is 0 Å². The molecule has 0 spiro atoms. The molecule has 0 aliphatic heterocycles. The number of esters is 2. The number of allylic oxidation sites excluding steroid dienone is 5. The molecule has 0 saturated carbocycles. The highest BCUT2D eigenvalue weighted by Gasteiger charge is 2.12. The molecule has 0 aliphatic carbocycles. The first-order valence-corrected chi connectivity index (χ1v) is 19.1. The Labute approximate surface area is 283 Å². The second-order valence-electron chi connectivity index (χ2n) is 12.9. The van der Waals surface area contributed by atoms with Gasteiger partial charge in [0.15, 0.2) is 0 Å². The third-order valence-electron chi connectivity index (χ3n) is 8.23. The normalized spacial score (nSPS) is 13.2. The molecule has 0 radical (unpaired) electrons. The van der Waals surface area contributed by atoms with E-state index in [0.717, 1.165) is 32.1 Å². The fraction of sp³-hybridized carbons (Fsp3) is 0.800. The van der Waals surface area contributed by atoms with Crippen molar-refractivity contribution in [2.24, 2.45) is 0 Å². The number of rotatable bonds is 34. The molecule has 0 rings (SSSR count). The number of carbonyl (C=O) groups excluding carboxylic acids is 2. The minimum atomic E-state index is -1.03. The first-order chi connectivity index (χ1) is 22.5. The second kappa shape index (κ2) is 35.9. The minimum Gasteiger partial charge on any atom is -0.463 e. The molecule has 268 valence electrons. The third-order valence-corrected chi connectivity index (χ3v) is 8.23. The highest BCUT2D eigenvalue weighted by Crippen LogP contribution is 2.14. The van der Waals surface area contributed by atoms with E-state index in [0.29, 0.717) is 19.3 Å². The zero-order valence-corrected chi connectivity index (χ0v) is 29.9. The molecule has 0 bridgehead atoms. The van der Waals surface area contributed by atoms with Crippen LogP contribution in [0.2, 0.25) is 0 Å². The lowest BCUT2D eigenvalue weighted by Crippen LogP contribution is -2.25. The summed E-state index contributed by atoms with van der Waals surface area (Å²) >= 11 is 0. The monoisotopic (exact) mass is 649 g/mol. The number of aliphatic hydroxyl groups is 2. The summed E-state index contributed by atoms with van der Waals surface area (Å²) in [7, 11) is 0. The van der Waals surface area contributed by atoms with Crippen LogP contribution in [-0.2, 0) is 19.1 Å². The summed E-state index contributed by atoms with van der Waals surface area (Å²) < 4.78 is 10.2. The van der Waals surface area contributed by atoms with Crippen molar-refractivity contribution in [3.05, 3.63) is 36.5 Å². The molecule has 0 aliphatic rings. The number of aliphatic hydroxyl groups excluding tert-OH is 2. The van der Waals surface area contributed by atoms with Crippen molar-refractivity contribution < 1.29 is 29.3 Å². The van der Waals surface area contributed by atoms with Crippen molar-refractivity contribution in [1.29, 1.82) is 0 Å². The predicted octanol–water partition coefficient (Wildman–Crippen LogP) is 10.6. The molecule has 6 heteroatoms. The highest BCUT2D eigenvalue weighted by molar-refractivity contribution is 5.69. The van der Waals surface area contributed by atoms with E-state index >= 15 is 0 Å². The van der Waals surface area contributed by atoms with E-state index in [-0.39, 0.29) is 25.6 Å². The van der Waals surface area contributed by atoms with Gasteiger partial charge in [-0.05, 0) is 38.5 Å². The Balaban J connectivity index is 3.62. The Morgan fingerprint density at radius 3 is 1.52 bits per heavy atom.